The second kappa shape index (κ2) is 6.41. The van der Waals surface area contributed by atoms with Crippen LogP contribution < -0.4 is 0 Å². The molecule has 0 fully saturated rings. The molecular formula is C15H13NO4S. The molecule has 0 heterocycles. The Balaban J connectivity index is 2.17. The minimum atomic E-state index is -0.969. The third-order valence-electron chi connectivity index (χ3n) is 3.09. The summed E-state index contributed by atoms with van der Waals surface area (Å²) < 4.78 is 0. The first kappa shape index (κ1) is 15.1. The topological polar surface area (TPSA) is 80.4 Å². The van der Waals surface area contributed by atoms with E-state index in [1.807, 2.05) is 12.1 Å². The van der Waals surface area contributed by atoms with E-state index >= 15 is 0 Å². The quantitative estimate of drug-likeness (QED) is 0.515. The molecule has 108 valence electrons. The first-order valence-corrected chi connectivity index (χ1v) is 7.16. The van der Waals surface area contributed by atoms with Gasteiger partial charge in [-0.15, -0.1) is 11.8 Å². The van der Waals surface area contributed by atoms with Crippen LogP contribution in [0.3, 0.4) is 0 Å². The van der Waals surface area contributed by atoms with Gasteiger partial charge >= 0.3 is 5.97 Å². The zero-order valence-electron chi connectivity index (χ0n) is 11.3. The number of carboxylic acids is 1. The molecule has 0 saturated carbocycles. The maximum Gasteiger partial charge on any atom is 0.335 e. The number of carboxylic acid groups (broad SMARTS) is 1. The molecule has 0 radical (unpaired) electrons. The molecule has 0 atom stereocenters. The van der Waals surface area contributed by atoms with Crippen molar-refractivity contribution in [2.45, 2.75) is 17.6 Å². The summed E-state index contributed by atoms with van der Waals surface area (Å²) in [5.41, 5.74) is 1.85. The maximum atomic E-state index is 10.9. The molecular weight excluding hydrogens is 290 g/mol. The number of benzene rings is 2. The third kappa shape index (κ3) is 3.61. The second-order valence-corrected chi connectivity index (χ2v) is 5.49. The van der Waals surface area contributed by atoms with Gasteiger partial charge in [0, 0.05) is 22.3 Å². The maximum absolute atomic E-state index is 10.9. The minimum Gasteiger partial charge on any atom is -0.478 e. The number of nitro groups is 1. The number of aromatic carboxylic acids is 1. The summed E-state index contributed by atoms with van der Waals surface area (Å²) in [4.78, 5) is 22.2. The lowest BCUT2D eigenvalue weighted by molar-refractivity contribution is -0.385. The van der Waals surface area contributed by atoms with Gasteiger partial charge in [0.2, 0.25) is 0 Å². The summed E-state index contributed by atoms with van der Waals surface area (Å²) in [5, 5.41) is 19.9. The van der Waals surface area contributed by atoms with E-state index in [4.69, 9.17) is 5.11 Å². The number of hydrogen-bond acceptors (Lipinski definition) is 4. The van der Waals surface area contributed by atoms with E-state index in [1.54, 1.807) is 25.1 Å². The molecule has 2 rings (SSSR count). The molecule has 21 heavy (non-hydrogen) atoms. The summed E-state index contributed by atoms with van der Waals surface area (Å²) in [6.45, 7) is 1.72. The van der Waals surface area contributed by atoms with Gasteiger partial charge in [-0.05, 0) is 30.7 Å². The Labute approximate surface area is 125 Å². The summed E-state index contributed by atoms with van der Waals surface area (Å²) in [6.07, 6.45) is 0. The molecule has 0 spiro atoms. The highest BCUT2D eigenvalue weighted by molar-refractivity contribution is 7.98. The monoisotopic (exact) mass is 303 g/mol. The van der Waals surface area contributed by atoms with Crippen molar-refractivity contribution in [1.29, 1.82) is 0 Å². The van der Waals surface area contributed by atoms with Crippen molar-refractivity contribution in [3.05, 3.63) is 69.3 Å². The van der Waals surface area contributed by atoms with E-state index in [2.05, 4.69) is 0 Å². The molecule has 0 amide bonds. The summed E-state index contributed by atoms with van der Waals surface area (Å²) >= 11 is 1.45. The second-order valence-electron chi connectivity index (χ2n) is 4.44. The van der Waals surface area contributed by atoms with Crippen LogP contribution in [0.1, 0.15) is 21.5 Å². The number of nitro benzene ring substituents is 1. The number of rotatable bonds is 5. The average molecular weight is 303 g/mol. The fourth-order valence-electron chi connectivity index (χ4n) is 1.90. The van der Waals surface area contributed by atoms with Crippen molar-refractivity contribution in [2.75, 3.05) is 0 Å². The van der Waals surface area contributed by atoms with Crippen LogP contribution in [-0.2, 0) is 5.75 Å². The molecule has 0 aliphatic carbocycles. The number of nitrogens with zero attached hydrogens (tertiary/aromatic N) is 1. The van der Waals surface area contributed by atoms with Crippen molar-refractivity contribution < 1.29 is 14.8 Å². The number of thioether (sulfide) groups is 1. The van der Waals surface area contributed by atoms with Crippen LogP contribution in [-0.4, -0.2) is 16.0 Å². The highest BCUT2D eigenvalue weighted by Gasteiger charge is 2.13. The van der Waals surface area contributed by atoms with Gasteiger partial charge in [-0.25, -0.2) is 4.79 Å². The highest BCUT2D eigenvalue weighted by Crippen LogP contribution is 2.28. The fraction of sp³-hybridized carbons (Fsp3) is 0.133. The lowest BCUT2D eigenvalue weighted by atomic mass is 10.1. The van der Waals surface area contributed by atoms with Gasteiger partial charge in [-0.2, -0.15) is 0 Å². The van der Waals surface area contributed by atoms with E-state index in [0.717, 1.165) is 10.5 Å². The van der Waals surface area contributed by atoms with Crippen LogP contribution in [0, 0.1) is 17.0 Å². The fourth-order valence-corrected chi connectivity index (χ4v) is 2.92. The van der Waals surface area contributed by atoms with Gasteiger partial charge in [0.05, 0.1) is 10.5 Å². The van der Waals surface area contributed by atoms with Gasteiger partial charge in [-0.1, -0.05) is 18.2 Å². The molecule has 0 unspecified atom stereocenters. The predicted molar refractivity (Wildman–Crippen MR) is 80.8 cm³/mol. The Morgan fingerprint density at radius 2 is 2.00 bits per heavy atom. The Morgan fingerprint density at radius 3 is 2.67 bits per heavy atom. The van der Waals surface area contributed by atoms with Gasteiger partial charge in [0.1, 0.15) is 0 Å². The lowest BCUT2D eigenvalue weighted by Gasteiger charge is -2.06. The predicted octanol–water partition coefficient (Wildman–Crippen LogP) is 3.89. The molecule has 0 aliphatic rings. The SMILES string of the molecule is Cc1c(CSc2cccc(C(=O)O)c2)cccc1[N+](=O)[O-]. The molecule has 0 aromatic heterocycles. The summed E-state index contributed by atoms with van der Waals surface area (Å²) in [6, 6.07) is 11.6. The van der Waals surface area contributed by atoms with E-state index in [1.165, 1.54) is 23.9 Å². The smallest absolute Gasteiger partial charge is 0.335 e. The molecule has 6 heteroatoms. The third-order valence-corrected chi connectivity index (χ3v) is 4.13. The Bertz CT molecular complexity index is 700. The number of hydrogen-bond donors (Lipinski definition) is 1. The van der Waals surface area contributed by atoms with Crippen molar-refractivity contribution >= 4 is 23.4 Å². The van der Waals surface area contributed by atoms with E-state index < -0.39 is 10.9 Å². The first-order chi connectivity index (χ1) is 9.99. The molecule has 0 saturated heterocycles. The molecule has 2 aromatic rings. The molecule has 0 bridgehead atoms. The zero-order valence-corrected chi connectivity index (χ0v) is 12.1. The van der Waals surface area contributed by atoms with Gasteiger partial charge in [0.15, 0.2) is 0 Å². The Hall–Kier alpha value is -2.34. The van der Waals surface area contributed by atoms with Gasteiger partial charge in [-0.3, -0.25) is 10.1 Å². The Morgan fingerprint density at radius 1 is 1.29 bits per heavy atom. The van der Waals surface area contributed by atoms with E-state index in [9.17, 15) is 14.9 Å². The van der Waals surface area contributed by atoms with Crippen LogP contribution in [0.5, 0.6) is 0 Å². The van der Waals surface area contributed by atoms with Crippen molar-refractivity contribution in [2.24, 2.45) is 0 Å². The standard InChI is InChI=1S/C15H13NO4S/c1-10-12(5-3-7-14(10)16(19)20)9-21-13-6-2-4-11(8-13)15(17)18/h2-8H,9H2,1H3,(H,17,18). The average Bonchev–Trinajstić information content (AvgIpc) is 2.46. The highest BCUT2D eigenvalue weighted by atomic mass is 32.2. The van der Waals surface area contributed by atoms with E-state index in [0.29, 0.717) is 11.3 Å². The van der Waals surface area contributed by atoms with Crippen molar-refractivity contribution in [3.63, 3.8) is 0 Å². The molecule has 5 nitrogen and oxygen atoms in total. The van der Waals surface area contributed by atoms with Gasteiger partial charge < -0.3 is 5.11 Å². The number of carbonyl (C=O) groups is 1. The van der Waals surface area contributed by atoms with Crippen molar-refractivity contribution in [1.82, 2.24) is 0 Å². The van der Waals surface area contributed by atoms with Gasteiger partial charge in [0.25, 0.3) is 5.69 Å². The van der Waals surface area contributed by atoms with Crippen molar-refractivity contribution in [3.8, 4) is 0 Å². The van der Waals surface area contributed by atoms with Crippen LogP contribution in [0.4, 0.5) is 5.69 Å². The Kier molecular flexibility index (Phi) is 4.59. The summed E-state index contributed by atoms with van der Waals surface area (Å²) in [5.74, 6) is -0.416. The van der Waals surface area contributed by atoms with Crippen LogP contribution >= 0.6 is 11.8 Å². The van der Waals surface area contributed by atoms with Crippen LogP contribution in [0.15, 0.2) is 47.4 Å². The minimum absolute atomic E-state index is 0.104. The largest absolute Gasteiger partial charge is 0.478 e. The van der Waals surface area contributed by atoms with Crippen LogP contribution in [0.2, 0.25) is 0 Å². The molecule has 0 aliphatic heterocycles. The molecule has 2 aromatic carbocycles. The summed E-state index contributed by atoms with van der Waals surface area (Å²) in [7, 11) is 0. The normalized spacial score (nSPS) is 10.3. The molecule has 1 N–H and O–H groups in total. The zero-order chi connectivity index (χ0) is 15.4. The first-order valence-electron chi connectivity index (χ1n) is 6.18. The van der Waals surface area contributed by atoms with Crippen LogP contribution in [0.25, 0.3) is 0 Å². The lowest BCUT2D eigenvalue weighted by Crippen LogP contribution is -1.96. The van der Waals surface area contributed by atoms with E-state index in [-0.39, 0.29) is 11.3 Å².